The van der Waals surface area contributed by atoms with E-state index in [0.717, 1.165) is 17.0 Å². The fraction of sp³-hybridized carbons (Fsp3) is 0.222. The van der Waals surface area contributed by atoms with E-state index in [-0.39, 0.29) is 5.91 Å². The van der Waals surface area contributed by atoms with Gasteiger partial charge in [0.25, 0.3) is 11.9 Å². The highest BCUT2D eigenvalue weighted by Crippen LogP contribution is 2.23. The molecule has 0 aliphatic carbocycles. The normalized spacial score (nSPS) is 11.0. The molecule has 0 aliphatic rings. The van der Waals surface area contributed by atoms with E-state index in [1.54, 1.807) is 4.68 Å². The third-order valence-corrected chi connectivity index (χ3v) is 6.19. The van der Waals surface area contributed by atoms with Gasteiger partial charge in [0.15, 0.2) is 0 Å². The molecule has 3 N–H and O–H groups in total. The van der Waals surface area contributed by atoms with Crippen molar-refractivity contribution in [2.24, 2.45) is 0 Å². The summed E-state index contributed by atoms with van der Waals surface area (Å²) in [5.41, 5.74) is 2.81. The Morgan fingerprint density at radius 1 is 1.17 bits per heavy atom. The van der Waals surface area contributed by atoms with Crippen molar-refractivity contribution >= 4 is 29.0 Å². The van der Waals surface area contributed by atoms with E-state index < -0.39 is 0 Å². The van der Waals surface area contributed by atoms with Crippen LogP contribution in [-0.2, 0) is 12.3 Å². The van der Waals surface area contributed by atoms with Crippen LogP contribution in [0.3, 0.4) is 0 Å². The number of nitrogen functional groups attached to an aromatic ring is 1. The van der Waals surface area contributed by atoms with E-state index in [1.165, 1.54) is 27.8 Å². The molecule has 0 atom stereocenters. The van der Waals surface area contributed by atoms with Gasteiger partial charge in [-0.1, -0.05) is 53.4 Å². The summed E-state index contributed by atoms with van der Waals surface area (Å²) in [7, 11) is 0. The Bertz CT molecular complexity index is 1170. The summed E-state index contributed by atoms with van der Waals surface area (Å²) in [6, 6.07) is 11.6. The summed E-state index contributed by atoms with van der Waals surface area (Å²) in [4.78, 5) is 12.3. The molecule has 4 aromatic rings. The molecule has 12 heteroatoms. The lowest BCUT2D eigenvalue weighted by Crippen LogP contribution is -2.22. The summed E-state index contributed by atoms with van der Waals surface area (Å²) >= 11 is 2.60. The van der Waals surface area contributed by atoms with Crippen LogP contribution in [0.2, 0.25) is 0 Å². The summed E-state index contributed by atoms with van der Waals surface area (Å²) in [6.07, 6.45) is 0. The molecule has 0 spiro atoms. The van der Waals surface area contributed by atoms with Crippen LogP contribution >= 0.6 is 23.1 Å². The molecule has 4 rings (SSSR count). The summed E-state index contributed by atoms with van der Waals surface area (Å²) < 4.78 is 3.03. The molecule has 1 amide bonds. The Morgan fingerprint density at radius 2 is 1.97 bits per heavy atom. The average Bonchev–Trinajstić information content (AvgIpc) is 3.44. The third-order valence-electron chi connectivity index (χ3n) is 4.13. The maximum absolute atomic E-state index is 12.3. The van der Waals surface area contributed by atoms with Crippen LogP contribution in [0.5, 0.6) is 0 Å². The van der Waals surface area contributed by atoms with Crippen molar-refractivity contribution in [3.63, 3.8) is 0 Å². The van der Waals surface area contributed by atoms with Crippen LogP contribution in [0.25, 0.3) is 5.95 Å². The number of nitrogens with two attached hydrogens (primary N) is 1. The number of thioether (sulfide) groups is 1. The van der Waals surface area contributed by atoms with E-state index in [9.17, 15) is 4.79 Å². The Hall–Kier alpha value is -3.25. The number of nitrogens with zero attached hydrogens (tertiary/aromatic N) is 7. The topological polar surface area (TPSA) is 129 Å². The number of aryl methyl sites for hydroxylation is 2. The van der Waals surface area contributed by atoms with Gasteiger partial charge >= 0.3 is 0 Å². The molecule has 30 heavy (non-hydrogen) atoms. The van der Waals surface area contributed by atoms with Gasteiger partial charge in [-0.3, -0.25) is 4.79 Å². The lowest BCUT2D eigenvalue weighted by molar-refractivity contribution is 0.0950. The summed E-state index contributed by atoms with van der Waals surface area (Å²) in [6.45, 7) is 4.27. The van der Waals surface area contributed by atoms with Gasteiger partial charge in [-0.2, -0.15) is 5.10 Å². The zero-order chi connectivity index (χ0) is 21.1. The number of hydrogen-bond donors (Lipinski definition) is 2. The van der Waals surface area contributed by atoms with E-state index in [2.05, 4.69) is 30.8 Å². The number of rotatable bonds is 7. The smallest absolute Gasteiger partial charge is 0.282 e. The number of benzene rings is 1. The predicted molar refractivity (Wildman–Crippen MR) is 114 cm³/mol. The first-order valence-corrected chi connectivity index (χ1v) is 10.8. The number of amides is 1. The molecular formula is C18H19N9OS2. The molecule has 0 unspecified atom stereocenters. The van der Waals surface area contributed by atoms with Crippen LogP contribution in [0.4, 0.5) is 0 Å². The average molecular weight is 442 g/mol. The van der Waals surface area contributed by atoms with Crippen molar-refractivity contribution in [2.75, 3.05) is 5.84 Å². The Kier molecular flexibility index (Phi) is 5.77. The van der Waals surface area contributed by atoms with Gasteiger partial charge in [0, 0.05) is 12.2 Å². The Labute approximate surface area is 180 Å². The molecule has 1 aromatic carbocycles. The van der Waals surface area contributed by atoms with Crippen LogP contribution in [0.1, 0.15) is 31.8 Å². The lowest BCUT2D eigenvalue weighted by atomic mass is 10.2. The summed E-state index contributed by atoms with van der Waals surface area (Å²) in [5.74, 6) is 6.79. The van der Waals surface area contributed by atoms with Crippen molar-refractivity contribution < 1.29 is 4.79 Å². The largest absolute Gasteiger partial charge is 0.346 e. The van der Waals surface area contributed by atoms with E-state index in [1.807, 2.05) is 50.2 Å². The van der Waals surface area contributed by atoms with Gasteiger partial charge in [0.1, 0.15) is 5.01 Å². The molecule has 0 fully saturated rings. The standard InChI is InChI=1S/C18H19N9OS2/c1-11-8-12(2)27(25-11)17-23-24-18(26(17)19)29-10-14-21-22-16(30-14)15(28)20-9-13-6-4-3-5-7-13/h3-8H,9-10,19H2,1-2H3,(H,20,28). The minimum atomic E-state index is -0.249. The minimum Gasteiger partial charge on any atom is -0.346 e. The van der Waals surface area contributed by atoms with Crippen molar-refractivity contribution in [1.29, 1.82) is 0 Å². The number of carbonyl (C=O) groups excluding carboxylic acids is 1. The molecule has 154 valence electrons. The highest BCUT2D eigenvalue weighted by molar-refractivity contribution is 7.98. The zero-order valence-corrected chi connectivity index (χ0v) is 17.9. The van der Waals surface area contributed by atoms with Gasteiger partial charge in [0.2, 0.25) is 10.2 Å². The van der Waals surface area contributed by atoms with Gasteiger partial charge in [-0.25, -0.2) is 9.36 Å². The second kappa shape index (κ2) is 8.63. The minimum absolute atomic E-state index is 0.249. The van der Waals surface area contributed by atoms with Gasteiger partial charge in [-0.15, -0.1) is 20.4 Å². The molecule has 10 nitrogen and oxygen atoms in total. The maximum Gasteiger partial charge on any atom is 0.282 e. The number of nitrogens with one attached hydrogen (secondary N) is 1. The SMILES string of the molecule is Cc1cc(C)n(-c2nnc(SCc3nnc(C(=O)NCc4ccccc4)s3)n2N)n1. The first kappa shape index (κ1) is 20.0. The van der Waals surface area contributed by atoms with Gasteiger partial charge in [0.05, 0.1) is 11.4 Å². The van der Waals surface area contributed by atoms with Crippen molar-refractivity contribution in [1.82, 2.24) is 40.2 Å². The number of aromatic nitrogens is 7. The monoisotopic (exact) mass is 441 g/mol. The highest BCUT2D eigenvalue weighted by atomic mass is 32.2. The van der Waals surface area contributed by atoms with Crippen LogP contribution in [-0.4, -0.2) is 40.8 Å². The zero-order valence-electron chi connectivity index (χ0n) is 16.3. The maximum atomic E-state index is 12.3. The predicted octanol–water partition coefficient (Wildman–Crippen LogP) is 1.87. The summed E-state index contributed by atoms with van der Waals surface area (Å²) in [5, 5.41) is 25.1. The Morgan fingerprint density at radius 3 is 2.70 bits per heavy atom. The molecule has 0 saturated heterocycles. The van der Waals surface area contributed by atoms with E-state index >= 15 is 0 Å². The van der Waals surface area contributed by atoms with E-state index in [4.69, 9.17) is 5.84 Å². The molecule has 0 aliphatic heterocycles. The van der Waals surface area contributed by atoms with E-state index in [0.29, 0.717) is 33.4 Å². The van der Waals surface area contributed by atoms with Crippen LogP contribution in [0, 0.1) is 13.8 Å². The van der Waals surface area contributed by atoms with Gasteiger partial charge in [-0.05, 0) is 25.5 Å². The molecule has 3 aromatic heterocycles. The highest BCUT2D eigenvalue weighted by Gasteiger charge is 2.17. The third kappa shape index (κ3) is 4.33. The first-order chi connectivity index (χ1) is 14.5. The molecule has 3 heterocycles. The van der Waals surface area contributed by atoms with Crippen LogP contribution < -0.4 is 11.2 Å². The lowest BCUT2D eigenvalue weighted by Gasteiger charge is -2.04. The quantitative estimate of drug-likeness (QED) is 0.328. The fourth-order valence-electron chi connectivity index (χ4n) is 2.73. The molecule has 0 saturated carbocycles. The fourth-order valence-corrected chi connectivity index (χ4v) is 4.32. The molecule has 0 bridgehead atoms. The van der Waals surface area contributed by atoms with Gasteiger partial charge < -0.3 is 11.2 Å². The second-order valence-electron chi connectivity index (χ2n) is 6.45. The molecular weight excluding hydrogens is 422 g/mol. The number of carbonyl (C=O) groups is 1. The number of hydrogen-bond acceptors (Lipinski definition) is 9. The first-order valence-electron chi connectivity index (χ1n) is 9.02. The Balaban J connectivity index is 1.37. The van der Waals surface area contributed by atoms with Crippen LogP contribution in [0.15, 0.2) is 41.6 Å². The van der Waals surface area contributed by atoms with Crippen molar-refractivity contribution in [3.8, 4) is 5.95 Å². The molecule has 0 radical (unpaired) electrons. The van der Waals surface area contributed by atoms with Crippen molar-refractivity contribution in [3.05, 3.63) is 63.4 Å². The van der Waals surface area contributed by atoms with Crippen molar-refractivity contribution in [2.45, 2.75) is 31.3 Å². The second-order valence-corrected chi connectivity index (χ2v) is 8.45.